The first-order valence-corrected chi connectivity index (χ1v) is 7.94. The van der Waals surface area contributed by atoms with Crippen molar-refractivity contribution in [3.8, 4) is 0 Å². The lowest BCUT2D eigenvalue weighted by Gasteiger charge is -2.58. The molecule has 3 nitrogen and oxygen atoms in total. The van der Waals surface area contributed by atoms with Crippen LogP contribution < -0.4 is 0 Å². The Labute approximate surface area is 117 Å². The lowest BCUT2D eigenvalue weighted by atomic mass is 9.64. The molecule has 0 unspecified atom stereocenters. The van der Waals surface area contributed by atoms with Gasteiger partial charge in [-0.15, -0.1) is 0 Å². The summed E-state index contributed by atoms with van der Waals surface area (Å²) in [4.78, 5) is 16.9. The molecule has 1 spiro atoms. The summed E-state index contributed by atoms with van der Waals surface area (Å²) in [6, 6.07) is 0. The van der Waals surface area contributed by atoms with Crippen molar-refractivity contribution in [3.05, 3.63) is 0 Å². The topological polar surface area (TPSA) is 23.6 Å². The van der Waals surface area contributed by atoms with E-state index in [4.69, 9.17) is 0 Å². The number of nitrogens with zero attached hydrogens (tertiary/aromatic N) is 2. The minimum atomic E-state index is 0.315. The van der Waals surface area contributed by atoms with Crippen LogP contribution in [0.4, 0.5) is 0 Å². The number of carbonyl (C=O) groups is 1. The smallest absolute Gasteiger partial charge is 0.225 e. The number of hydrogen-bond donors (Lipinski definition) is 0. The first-order chi connectivity index (χ1) is 8.90. The molecule has 2 aliphatic heterocycles. The van der Waals surface area contributed by atoms with Crippen molar-refractivity contribution < 1.29 is 4.79 Å². The molecule has 1 saturated carbocycles. The summed E-state index contributed by atoms with van der Waals surface area (Å²) >= 11 is 0. The van der Waals surface area contributed by atoms with Gasteiger partial charge in [-0.2, -0.15) is 0 Å². The van der Waals surface area contributed by atoms with Crippen molar-refractivity contribution in [2.24, 2.45) is 11.3 Å². The number of hydrogen-bond acceptors (Lipinski definition) is 2. The molecule has 0 atom stereocenters. The molecule has 2 heterocycles. The molecule has 3 rings (SSSR count). The Kier molecular flexibility index (Phi) is 3.16. The van der Waals surface area contributed by atoms with E-state index in [0.29, 0.717) is 22.8 Å². The third-order valence-electron chi connectivity index (χ3n) is 5.56. The van der Waals surface area contributed by atoms with Crippen LogP contribution in [0, 0.1) is 11.3 Å². The quantitative estimate of drug-likeness (QED) is 0.726. The first-order valence-electron chi connectivity index (χ1n) is 7.94. The van der Waals surface area contributed by atoms with Crippen LogP contribution in [0.5, 0.6) is 0 Å². The molecule has 0 bridgehead atoms. The van der Waals surface area contributed by atoms with Gasteiger partial charge in [0.2, 0.25) is 5.91 Å². The van der Waals surface area contributed by atoms with Crippen LogP contribution >= 0.6 is 0 Å². The van der Waals surface area contributed by atoms with Gasteiger partial charge in [0.05, 0.1) is 0 Å². The van der Waals surface area contributed by atoms with Crippen molar-refractivity contribution >= 4 is 5.91 Å². The van der Waals surface area contributed by atoms with Gasteiger partial charge in [0, 0.05) is 37.6 Å². The van der Waals surface area contributed by atoms with E-state index in [-0.39, 0.29) is 0 Å². The number of amides is 1. The van der Waals surface area contributed by atoms with Crippen LogP contribution in [-0.2, 0) is 4.79 Å². The molecule has 0 radical (unpaired) electrons. The van der Waals surface area contributed by atoms with Crippen molar-refractivity contribution in [1.29, 1.82) is 0 Å². The normalized spacial score (nSPS) is 28.1. The highest BCUT2D eigenvalue weighted by atomic mass is 16.2. The van der Waals surface area contributed by atoms with E-state index in [2.05, 4.69) is 30.6 Å². The van der Waals surface area contributed by atoms with E-state index < -0.39 is 0 Å². The van der Waals surface area contributed by atoms with Crippen LogP contribution in [0.2, 0.25) is 0 Å². The maximum absolute atomic E-state index is 12.2. The van der Waals surface area contributed by atoms with Gasteiger partial charge < -0.3 is 4.90 Å². The summed E-state index contributed by atoms with van der Waals surface area (Å²) in [7, 11) is 0. The summed E-state index contributed by atoms with van der Waals surface area (Å²) in [6.07, 6.45) is 6.01. The highest BCUT2D eigenvalue weighted by Gasteiger charge is 2.49. The van der Waals surface area contributed by atoms with Gasteiger partial charge in [-0.05, 0) is 58.3 Å². The largest absolute Gasteiger partial charge is 0.342 e. The minimum absolute atomic E-state index is 0.315. The van der Waals surface area contributed by atoms with Gasteiger partial charge in [-0.1, -0.05) is 0 Å². The zero-order chi connectivity index (χ0) is 13.7. The molecule has 19 heavy (non-hydrogen) atoms. The molecule has 0 N–H and O–H groups in total. The standard InChI is InChI=1S/C16H28N2O/c1-15(2,3)18-11-16(12-18)7-5-13(6-8-16)14(19)17-9-4-10-17/h13H,4-12H2,1-3H3. The van der Waals surface area contributed by atoms with E-state index in [1.54, 1.807) is 0 Å². The van der Waals surface area contributed by atoms with Gasteiger partial charge in [0.1, 0.15) is 0 Å². The number of carbonyl (C=O) groups excluding carboxylic acids is 1. The fourth-order valence-electron chi connectivity index (χ4n) is 3.83. The zero-order valence-corrected chi connectivity index (χ0v) is 12.7. The predicted molar refractivity (Wildman–Crippen MR) is 76.9 cm³/mol. The Balaban J connectivity index is 1.49. The average molecular weight is 264 g/mol. The summed E-state index contributed by atoms with van der Waals surface area (Å²) in [5.74, 6) is 0.794. The van der Waals surface area contributed by atoms with E-state index >= 15 is 0 Å². The average Bonchev–Trinajstić information content (AvgIpc) is 2.22. The number of likely N-dealkylation sites (tertiary alicyclic amines) is 2. The third-order valence-corrected chi connectivity index (χ3v) is 5.56. The van der Waals surface area contributed by atoms with E-state index in [1.165, 1.54) is 32.4 Å². The van der Waals surface area contributed by atoms with Gasteiger partial charge in [-0.25, -0.2) is 0 Å². The van der Waals surface area contributed by atoms with Crippen molar-refractivity contribution in [3.63, 3.8) is 0 Å². The van der Waals surface area contributed by atoms with Gasteiger partial charge in [0.15, 0.2) is 0 Å². The van der Waals surface area contributed by atoms with Crippen molar-refractivity contribution in [1.82, 2.24) is 9.80 Å². The van der Waals surface area contributed by atoms with E-state index in [1.807, 2.05) is 0 Å². The van der Waals surface area contributed by atoms with E-state index in [0.717, 1.165) is 25.9 Å². The number of rotatable bonds is 1. The van der Waals surface area contributed by atoms with Gasteiger partial charge >= 0.3 is 0 Å². The van der Waals surface area contributed by atoms with Crippen molar-refractivity contribution in [2.45, 2.75) is 58.4 Å². The monoisotopic (exact) mass is 264 g/mol. The molecule has 0 aromatic heterocycles. The zero-order valence-electron chi connectivity index (χ0n) is 12.7. The van der Waals surface area contributed by atoms with Gasteiger partial charge in [0.25, 0.3) is 0 Å². The molecule has 3 heteroatoms. The van der Waals surface area contributed by atoms with Crippen LogP contribution in [0.15, 0.2) is 0 Å². The Morgan fingerprint density at radius 1 is 1.11 bits per heavy atom. The maximum Gasteiger partial charge on any atom is 0.225 e. The van der Waals surface area contributed by atoms with Crippen LogP contribution in [-0.4, -0.2) is 47.4 Å². The van der Waals surface area contributed by atoms with Gasteiger partial charge in [-0.3, -0.25) is 9.69 Å². The van der Waals surface area contributed by atoms with Crippen molar-refractivity contribution in [2.75, 3.05) is 26.2 Å². The Morgan fingerprint density at radius 2 is 1.68 bits per heavy atom. The molecule has 3 fully saturated rings. The Morgan fingerprint density at radius 3 is 2.11 bits per heavy atom. The highest BCUT2D eigenvalue weighted by molar-refractivity contribution is 5.79. The SMILES string of the molecule is CC(C)(C)N1CC2(CCC(C(=O)N3CCC3)CC2)C1. The first kappa shape index (κ1) is 13.4. The fourth-order valence-corrected chi connectivity index (χ4v) is 3.83. The highest BCUT2D eigenvalue weighted by Crippen LogP contribution is 2.48. The Bertz CT molecular complexity index is 351. The molecule has 2 saturated heterocycles. The molecule has 1 aliphatic carbocycles. The summed E-state index contributed by atoms with van der Waals surface area (Å²) in [5, 5.41) is 0. The van der Waals surface area contributed by atoms with Crippen LogP contribution in [0.25, 0.3) is 0 Å². The lowest BCUT2D eigenvalue weighted by Crippen LogP contribution is -2.63. The third kappa shape index (κ3) is 2.42. The van der Waals surface area contributed by atoms with Crippen LogP contribution in [0.3, 0.4) is 0 Å². The molecule has 0 aromatic carbocycles. The fraction of sp³-hybridized carbons (Fsp3) is 0.938. The predicted octanol–water partition coefficient (Wildman–Crippen LogP) is 2.51. The second-order valence-electron chi connectivity index (χ2n) is 7.98. The summed E-state index contributed by atoms with van der Waals surface area (Å²) < 4.78 is 0. The molecule has 108 valence electrons. The molecule has 0 aromatic rings. The van der Waals surface area contributed by atoms with E-state index in [9.17, 15) is 4.79 Å². The maximum atomic E-state index is 12.2. The molecular formula is C16H28N2O. The second kappa shape index (κ2) is 4.47. The summed E-state index contributed by atoms with van der Waals surface area (Å²) in [5.41, 5.74) is 0.870. The second-order valence-corrected chi connectivity index (χ2v) is 7.98. The Hall–Kier alpha value is -0.570. The summed E-state index contributed by atoms with van der Waals surface area (Å²) in [6.45, 7) is 11.4. The molecular weight excluding hydrogens is 236 g/mol. The van der Waals surface area contributed by atoms with Crippen LogP contribution in [0.1, 0.15) is 52.9 Å². The lowest BCUT2D eigenvalue weighted by molar-refractivity contribution is -0.144. The minimum Gasteiger partial charge on any atom is -0.342 e. The molecule has 3 aliphatic rings. The molecule has 1 amide bonds.